The lowest BCUT2D eigenvalue weighted by molar-refractivity contribution is -0.138. The van der Waals surface area contributed by atoms with E-state index in [1.165, 1.54) is 24.6 Å². The van der Waals surface area contributed by atoms with E-state index >= 15 is 0 Å². The Balaban J connectivity index is 1.18. The smallest absolute Gasteiger partial charge is 0.161 e. The summed E-state index contributed by atoms with van der Waals surface area (Å²) in [5, 5.41) is 2.36. The van der Waals surface area contributed by atoms with E-state index in [4.69, 9.17) is 9.47 Å². The summed E-state index contributed by atoms with van der Waals surface area (Å²) in [6.45, 7) is 0.409. The lowest BCUT2D eigenvalue weighted by Gasteiger charge is -2.55. The topological polar surface area (TPSA) is 35.5 Å². The van der Waals surface area contributed by atoms with Crippen LogP contribution in [0.5, 0.6) is 11.5 Å². The molecule has 3 aromatic carbocycles. The van der Waals surface area contributed by atoms with Crippen molar-refractivity contribution in [2.45, 2.75) is 45.1 Å². The third kappa shape index (κ3) is 4.02. The summed E-state index contributed by atoms with van der Waals surface area (Å²) in [6, 6.07) is 20.5. The van der Waals surface area contributed by atoms with Crippen molar-refractivity contribution in [2.75, 3.05) is 7.11 Å². The van der Waals surface area contributed by atoms with Gasteiger partial charge in [0, 0.05) is 11.0 Å². The second kappa shape index (κ2) is 8.61. The molecule has 3 heteroatoms. The minimum Gasteiger partial charge on any atom is -0.496 e. The Morgan fingerprint density at radius 1 is 0.912 bits per heavy atom. The first-order valence-electron chi connectivity index (χ1n) is 12.6. The van der Waals surface area contributed by atoms with E-state index in [1.54, 1.807) is 7.11 Å². The normalized spacial score (nSPS) is 27.4. The molecule has 7 rings (SSSR count). The van der Waals surface area contributed by atoms with Crippen LogP contribution in [0, 0.1) is 23.2 Å². The molecule has 4 aliphatic carbocycles. The van der Waals surface area contributed by atoms with Crippen LogP contribution in [0.3, 0.4) is 0 Å². The molecule has 3 nitrogen and oxygen atoms in total. The van der Waals surface area contributed by atoms with Gasteiger partial charge >= 0.3 is 0 Å². The monoisotopic (exact) mass is 452 g/mol. The molecule has 0 saturated heterocycles. The Bertz CT molecular complexity index is 1220. The average molecular weight is 453 g/mol. The van der Waals surface area contributed by atoms with Crippen LogP contribution in [0.4, 0.5) is 0 Å². The number of ketones is 1. The van der Waals surface area contributed by atoms with Crippen molar-refractivity contribution in [2.24, 2.45) is 23.2 Å². The molecule has 3 aromatic rings. The molecule has 0 atom stereocenters. The molecule has 0 radical (unpaired) electrons. The van der Waals surface area contributed by atoms with E-state index in [1.807, 2.05) is 42.5 Å². The Labute approximate surface area is 201 Å². The maximum absolute atomic E-state index is 13.4. The zero-order chi connectivity index (χ0) is 23.1. The van der Waals surface area contributed by atoms with Gasteiger partial charge in [0.15, 0.2) is 5.78 Å². The quantitative estimate of drug-likeness (QED) is 0.355. The molecule has 4 fully saturated rings. The molecule has 0 aliphatic heterocycles. The third-order valence-corrected chi connectivity index (χ3v) is 8.41. The average Bonchev–Trinajstić information content (AvgIpc) is 2.85. The van der Waals surface area contributed by atoms with E-state index < -0.39 is 0 Å². The molecule has 0 amide bonds. The largest absolute Gasteiger partial charge is 0.496 e. The minimum atomic E-state index is -0.0836. The molecule has 174 valence electrons. The van der Waals surface area contributed by atoms with Crippen molar-refractivity contribution in [3.05, 3.63) is 77.9 Å². The molecule has 4 saturated carbocycles. The highest BCUT2D eigenvalue weighted by atomic mass is 16.5. The fourth-order valence-electron chi connectivity index (χ4n) is 7.19. The van der Waals surface area contributed by atoms with E-state index in [0.717, 1.165) is 65.0 Å². The Morgan fingerprint density at radius 3 is 2.32 bits per heavy atom. The summed E-state index contributed by atoms with van der Waals surface area (Å²) in [5.41, 5.74) is 1.90. The highest BCUT2D eigenvalue weighted by Crippen LogP contribution is 2.60. The molecular weight excluding hydrogens is 420 g/mol. The van der Waals surface area contributed by atoms with Crippen molar-refractivity contribution in [1.29, 1.82) is 0 Å². The van der Waals surface area contributed by atoms with Crippen molar-refractivity contribution in [1.82, 2.24) is 0 Å². The predicted molar refractivity (Wildman–Crippen MR) is 136 cm³/mol. The number of hydrogen-bond donors (Lipinski definition) is 0. The van der Waals surface area contributed by atoms with E-state index in [-0.39, 0.29) is 5.41 Å². The number of allylic oxidation sites excluding steroid dienone is 1. The van der Waals surface area contributed by atoms with Crippen molar-refractivity contribution < 1.29 is 14.3 Å². The third-order valence-electron chi connectivity index (χ3n) is 8.41. The van der Waals surface area contributed by atoms with Gasteiger partial charge in [-0.2, -0.15) is 0 Å². The summed E-state index contributed by atoms with van der Waals surface area (Å²) < 4.78 is 11.7. The number of methoxy groups -OCH3 is 1. The van der Waals surface area contributed by atoms with E-state index in [2.05, 4.69) is 30.3 Å². The Kier molecular flexibility index (Phi) is 5.44. The summed E-state index contributed by atoms with van der Waals surface area (Å²) >= 11 is 0. The van der Waals surface area contributed by atoms with Crippen LogP contribution in [-0.4, -0.2) is 12.9 Å². The SMILES string of the molecule is COc1ccc(/C=C/C(=O)C23CC4CC(CC(C4)C2)C3)cc1COc1ccc2ccccc2c1. The van der Waals surface area contributed by atoms with Gasteiger partial charge in [-0.15, -0.1) is 0 Å². The fraction of sp³-hybridized carbons (Fsp3) is 0.387. The molecule has 0 unspecified atom stereocenters. The van der Waals surface area contributed by atoms with E-state index in [9.17, 15) is 4.79 Å². The number of benzene rings is 3. The first kappa shape index (κ1) is 21.5. The van der Waals surface area contributed by atoms with Crippen LogP contribution in [0.25, 0.3) is 16.8 Å². The van der Waals surface area contributed by atoms with Crippen molar-refractivity contribution in [3.63, 3.8) is 0 Å². The van der Waals surface area contributed by atoms with Gasteiger partial charge in [-0.25, -0.2) is 0 Å². The summed E-state index contributed by atoms with van der Waals surface area (Å²) in [5.74, 6) is 4.32. The molecule has 0 spiro atoms. The van der Waals surface area contributed by atoms with Crippen LogP contribution in [0.15, 0.2) is 66.7 Å². The first-order chi connectivity index (χ1) is 16.6. The van der Waals surface area contributed by atoms with Gasteiger partial charge in [0.1, 0.15) is 18.1 Å². The van der Waals surface area contributed by atoms with Gasteiger partial charge in [-0.1, -0.05) is 42.5 Å². The fourth-order valence-corrected chi connectivity index (χ4v) is 7.19. The standard InChI is InChI=1S/C31H32O3/c1-33-29-10-6-21(7-11-30(32)31-17-22-12-23(18-31)14-24(13-22)19-31)15-27(29)20-34-28-9-8-25-4-2-3-5-26(25)16-28/h2-11,15-16,22-24H,12-14,17-20H2,1H3/b11-7+. The summed E-state index contributed by atoms with van der Waals surface area (Å²) in [7, 11) is 1.68. The van der Waals surface area contributed by atoms with Gasteiger partial charge in [0.05, 0.1) is 7.11 Å². The van der Waals surface area contributed by atoms with Crippen LogP contribution in [-0.2, 0) is 11.4 Å². The number of ether oxygens (including phenoxy) is 2. The number of hydrogen-bond acceptors (Lipinski definition) is 3. The predicted octanol–water partition coefficient (Wildman–Crippen LogP) is 7.23. The van der Waals surface area contributed by atoms with Gasteiger partial charge in [-0.3, -0.25) is 4.79 Å². The minimum absolute atomic E-state index is 0.0836. The van der Waals surface area contributed by atoms with Crippen LogP contribution in [0.1, 0.15) is 49.7 Å². The lowest BCUT2D eigenvalue weighted by atomic mass is 9.48. The van der Waals surface area contributed by atoms with Crippen LogP contribution in [0.2, 0.25) is 0 Å². The molecule has 0 aromatic heterocycles. The zero-order valence-corrected chi connectivity index (χ0v) is 19.8. The summed E-state index contributed by atoms with van der Waals surface area (Å²) in [6.07, 6.45) is 11.2. The second-order valence-corrected chi connectivity index (χ2v) is 10.8. The number of carbonyl (C=O) groups excluding carboxylic acids is 1. The number of carbonyl (C=O) groups is 1. The van der Waals surface area contributed by atoms with Gasteiger partial charge < -0.3 is 9.47 Å². The van der Waals surface area contributed by atoms with Crippen LogP contribution >= 0.6 is 0 Å². The Hall–Kier alpha value is -3.07. The van der Waals surface area contributed by atoms with Gasteiger partial charge in [0.2, 0.25) is 0 Å². The van der Waals surface area contributed by atoms with E-state index in [0.29, 0.717) is 12.4 Å². The number of fused-ring (bicyclic) bond motifs is 1. The second-order valence-electron chi connectivity index (χ2n) is 10.8. The molecule has 0 heterocycles. The Morgan fingerprint density at radius 2 is 1.62 bits per heavy atom. The highest BCUT2D eigenvalue weighted by Gasteiger charge is 2.53. The molecular formula is C31H32O3. The highest BCUT2D eigenvalue weighted by molar-refractivity contribution is 5.98. The first-order valence-corrected chi connectivity index (χ1v) is 12.6. The van der Waals surface area contributed by atoms with Gasteiger partial charge in [-0.05, 0) is 103 Å². The molecule has 34 heavy (non-hydrogen) atoms. The summed E-state index contributed by atoms with van der Waals surface area (Å²) in [4.78, 5) is 13.4. The molecule has 0 N–H and O–H groups in total. The number of rotatable bonds is 7. The zero-order valence-electron chi connectivity index (χ0n) is 19.8. The van der Waals surface area contributed by atoms with Crippen molar-refractivity contribution in [3.8, 4) is 11.5 Å². The van der Waals surface area contributed by atoms with Crippen molar-refractivity contribution >= 4 is 22.6 Å². The van der Waals surface area contributed by atoms with Crippen LogP contribution < -0.4 is 9.47 Å². The maximum Gasteiger partial charge on any atom is 0.161 e. The maximum atomic E-state index is 13.4. The molecule has 4 aliphatic rings. The lowest BCUT2D eigenvalue weighted by Crippen LogP contribution is -2.49. The molecule has 4 bridgehead atoms. The van der Waals surface area contributed by atoms with Gasteiger partial charge in [0.25, 0.3) is 0 Å².